The summed E-state index contributed by atoms with van der Waals surface area (Å²) in [4.78, 5) is 29.1. The Balaban J connectivity index is 1.41. The summed E-state index contributed by atoms with van der Waals surface area (Å²) in [6.45, 7) is 1.95. The predicted octanol–water partition coefficient (Wildman–Crippen LogP) is 3.41. The zero-order chi connectivity index (χ0) is 21.1. The molecule has 0 bridgehead atoms. The van der Waals surface area contributed by atoms with Crippen molar-refractivity contribution in [2.24, 2.45) is 0 Å². The number of nitrogens with one attached hydrogen (secondary N) is 1. The van der Waals surface area contributed by atoms with Crippen molar-refractivity contribution in [1.29, 1.82) is 0 Å². The third-order valence-electron chi connectivity index (χ3n) is 4.20. The van der Waals surface area contributed by atoms with Gasteiger partial charge in [-0.1, -0.05) is 23.1 Å². The van der Waals surface area contributed by atoms with E-state index in [1.165, 1.54) is 33.6 Å². The summed E-state index contributed by atoms with van der Waals surface area (Å²) < 4.78 is 7.28. The Morgan fingerprint density at radius 3 is 2.77 bits per heavy atom. The van der Waals surface area contributed by atoms with Gasteiger partial charge in [0.2, 0.25) is 5.13 Å². The first-order valence-electron chi connectivity index (χ1n) is 8.92. The topological polar surface area (TPSA) is 98.5 Å². The van der Waals surface area contributed by atoms with Gasteiger partial charge in [0.15, 0.2) is 4.34 Å². The van der Waals surface area contributed by atoms with E-state index in [2.05, 4.69) is 20.5 Å². The standard InChI is InChI=1S/C20H17N5O3S2/c1-12-7-8-25-16(9-12)21-14(10-17(25)26)11-29-20-24-23-19(30-20)22-18(27)13-3-5-15(28-2)6-4-13/h3-10H,11H2,1-2H3,(H,22,23,27). The van der Waals surface area contributed by atoms with Crippen LogP contribution in [0.5, 0.6) is 5.75 Å². The van der Waals surface area contributed by atoms with E-state index in [0.717, 1.165) is 5.56 Å². The summed E-state index contributed by atoms with van der Waals surface area (Å²) in [5.41, 5.74) is 2.68. The van der Waals surface area contributed by atoms with E-state index in [-0.39, 0.29) is 11.5 Å². The van der Waals surface area contributed by atoms with Crippen LogP contribution in [0.25, 0.3) is 5.65 Å². The molecule has 0 saturated carbocycles. The number of rotatable bonds is 6. The van der Waals surface area contributed by atoms with Gasteiger partial charge in [-0.25, -0.2) is 4.98 Å². The molecule has 0 unspecified atom stereocenters. The molecule has 1 amide bonds. The highest BCUT2D eigenvalue weighted by Gasteiger charge is 2.12. The first-order valence-corrected chi connectivity index (χ1v) is 10.7. The van der Waals surface area contributed by atoms with E-state index in [4.69, 9.17) is 4.74 Å². The number of ether oxygens (including phenoxy) is 1. The van der Waals surface area contributed by atoms with Crippen molar-refractivity contribution in [2.75, 3.05) is 12.4 Å². The molecule has 0 spiro atoms. The maximum Gasteiger partial charge on any atom is 0.258 e. The van der Waals surface area contributed by atoms with Crippen LogP contribution in [0.15, 0.2) is 57.8 Å². The summed E-state index contributed by atoms with van der Waals surface area (Å²) in [5.74, 6) is 0.879. The second-order valence-electron chi connectivity index (χ2n) is 6.36. The van der Waals surface area contributed by atoms with Crippen LogP contribution in [0.3, 0.4) is 0 Å². The molecular weight excluding hydrogens is 422 g/mol. The number of aryl methyl sites for hydroxylation is 1. The summed E-state index contributed by atoms with van der Waals surface area (Å²) in [6.07, 6.45) is 1.72. The minimum atomic E-state index is -0.273. The summed E-state index contributed by atoms with van der Waals surface area (Å²) in [6, 6.07) is 12.0. The van der Waals surface area contributed by atoms with Crippen LogP contribution in [0.4, 0.5) is 5.13 Å². The van der Waals surface area contributed by atoms with Gasteiger partial charge in [-0.15, -0.1) is 10.2 Å². The van der Waals surface area contributed by atoms with E-state index in [1.807, 2.05) is 19.1 Å². The zero-order valence-corrected chi connectivity index (χ0v) is 17.8. The fraction of sp³-hybridized carbons (Fsp3) is 0.150. The van der Waals surface area contributed by atoms with Crippen LogP contribution in [0.2, 0.25) is 0 Å². The zero-order valence-electron chi connectivity index (χ0n) is 16.2. The molecular formula is C20H17N5O3S2. The average Bonchev–Trinajstić information content (AvgIpc) is 3.19. The summed E-state index contributed by atoms with van der Waals surface area (Å²) in [5, 5.41) is 11.2. The van der Waals surface area contributed by atoms with E-state index in [0.29, 0.717) is 37.9 Å². The number of benzene rings is 1. The van der Waals surface area contributed by atoms with Gasteiger partial charge in [0, 0.05) is 23.6 Å². The average molecular weight is 440 g/mol. The lowest BCUT2D eigenvalue weighted by molar-refractivity contribution is 0.102. The number of hydrogen-bond donors (Lipinski definition) is 1. The SMILES string of the molecule is COc1ccc(C(=O)Nc2nnc(SCc3cc(=O)n4ccc(C)cc4n3)s2)cc1. The van der Waals surface area contributed by atoms with Crippen LogP contribution in [-0.2, 0) is 5.75 Å². The Morgan fingerprint density at radius 1 is 1.20 bits per heavy atom. The molecule has 0 aliphatic carbocycles. The lowest BCUT2D eigenvalue weighted by atomic mass is 10.2. The van der Waals surface area contributed by atoms with Gasteiger partial charge in [0.25, 0.3) is 11.5 Å². The fourth-order valence-corrected chi connectivity index (χ4v) is 4.33. The Kier molecular flexibility index (Phi) is 5.77. The van der Waals surface area contributed by atoms with Crippen molar-refractivity contribution in [2.45, 2.75) is 17.0 Å². The van der Waals surface area contributed by atoms with Gasteiger partial charge in [-0.2, -0.15) is 0 Å². The lowest BCUT2D eigenvalue weighted by Gasteiger charge is -2.04. The summed E-state index contributed by atoms with van der Waals surface area (Å²) in [7, 11) is 1.57. The second kappa shape index (κ2) is 8.64. The van der Waals surface area contributed by atoms with E-state index < -0.39 is 0 Å². The van der Waals surface area contributed by atoms with Gasteiger partial charge in [-0.3, -0.25) is 19.3 Å². The number of anilines is 1. The molecule has 0 radical (unpaired) electrons. The molecule has 0 atom stereocenters. The quantitative estimate of drug-likeness (QED) is 0.363. The minimum Gasteiger partial charge on any atom is -0.497 e. The highest BCUT2D eigenvalue weighted by molar-refractivity contribution is 8.00. The number of nitrogens with zero attached hydrogens (tertiary/aromatic N) is 4. The number of thioether (sulfide) groups is 1. The number of fused-ring (bicyclic) bond motifs is 1. The van der Waals surface area contributed by atoms with Gasteiger partial charge < -0.3 is 4.74 Å². The first-order chi connectivity index (χ1) is 14.5. The molecule has 1 aromatic carbocycles. The van der Waals surface area contributed by atoms with E-state index in [1.54, 1.807) is 37.6 Å². The van der Waals surface area contributed by atoms with Gasteiger partial charge in [0.05, 0.1) is 12.8 Å². The van der Waals surface area contributed by atoms with Crippen LogP contribution >= 0.6 is 23.1 Å². The maximum absolute atomic E-state index is 12.3. The Labute approximate surface area is 180 Å². The van der Waals surface area contributed by atoms with Crippen LogP contribution in [0, 0.1) is 6.92 Å². The first kappa shape index (κ1) is 20.0. The van der Waals surface area contributed by atoms with Crippen LogP contribution in [-0.4, -0.2) is 32.6 Å². The van der Waals surface area contributed by atoms with Crippen molar-refractivity contribution in [3.05, 3.63) is 75.8 Å². The molecule has 3 heterocycles. The van der Waals surface area contributed by atoms with Crippen molar-refractivity contribution in [3.8, 4) is 5.75 Å². The molecule has 3 aromatic heterocycles. The highest BCUT2D eigenvalue weighted by atomic mass is 32.2. The number of methoxy groups -OCH3 is 1. The van der Waals surface area contributed by atoms with Crippen molar-refractivity contribution in [1.82, 2.24) is 19.6 Å². The third-order valence-corrected chi connectivity index (χ3v) is 6.20. The largest absolute Gasteiger partial charge is 0.497 e. The van der Waals surface area contributed by atoms with Crippen molar-refractivity contribution in [3.63, 3.8) is 0 Å². The molecule has 10 heteroatoms. The number of aromatic nitrogens is 4. The van der Waals surface area contributed by atoms with Crippen molar-refractivity contribution < 1.29 is 9.53 Å². The molecule has 4 aromatic rings. The minimum absolute atomic E-state index is 0.125. The number of carbonyl (C=O) groups is 1. The van der Waals surface area contributed by atoms with Gasteiger partial charge in [0.1, 0.15) is 11.4 Å². The molecule has 0 saturated heterocycles. The van der Waals surface area contributed by atoms with Crippen LogP contribution in [0.1, 0.15) is 21.6 Å². The number of pyridine rings is 1. The van der Waals surface area contributed by atoms with Crippen molar-refractivity contribution >= 4 is 39.8 Å². The molecule has 152 valence electrons. The van der Waals surface area contributed by atoms with Crippen LogP contribution < -0.4 is 15.6 Å². The number of hydrogen-bond acceptors (Lipinski definition) is 8. The fourth-order valence-electron chi connectivity index (χ4n) is 2.69. The van der Waals surface area contributed by atoms with E-state index in [9.17, 15) is 9.59 Å². The molecule has 1 N–H and O–H groups in total. The lowest BCUT2D eigenvalue weighted by Crippen LogP contribution is -2.15. The van der Waals surface area contributed by atoms with Gasteiger partial charge in [-0.05, 0) is 48.9 Å². The monoisotopic (exact) mass is 439 g/mol. The Bertz CT molecular complexity index is 1270. The molecule has 0 fully saturated rings. The van der Waals surface area contributed by atoms with E-state index >= 15 is 0 Å². The van der Waals surface area contributed by atoms with Gasteiger partial charge >= 0.3 is 0 Å². The third kappa shape index (κ3) is 4.50. The molecule has 0 aliphatic heterocycles. The summed E-state index contributed by atoms with van der Waals surface area (Å²) >= 11 is 2.68. The predicted molar refractivity (Wildman–Crippen MR) is 117 cm³/mol. The number of carbonyl (C=O) groups excluding carboxylic acids is 1. The molecule has 4 rings (SSSR count). The Hall–Kier alpha value is -3.24. The molecule has 30 heavy (non-hydrogen) atoms. The second-order valence-corrected chi connectivity index (χ2v) is 8.56. The Morgan fingerprint density at radius 2 is 2.00 bits per heavy atom. The molecule has 0 aliphatic rings. The number of amides is 1. The molecule has 8 nitrogen and oxygen atoms in total. The maximum atomic E-state index is 12.3. The smallest absolute Gasteiger partial charge is 0.258 e. The normalized spacial score (nSPS) is 10.9. The highest BCUT2D eigenvalue weighted by Crippen LogP contribution is 2.28.